The number of aromatic nitrogens is 1. The zero-order valence-electron chi connectivity index (χ0n) is 18.4. The number of nitrogens with one attached hydrogen (secondary N) is 1. The minimum absolute atomic E-state index is 0.341. The van der Waals surface area contributed by atoms with Gasteiger partial charge in [-0.25, -0.2) is 0 Å². The van der Waals surface area contributed by atoms with Gasteiger partial charge in [0.2, 0.25) is 0 Å². The fraction of sp³-hybridized carbons (Fsp3) is 0.500. The van der Waals surface area contributed by atoms with E-state index in [1.165, 1.54) is 27.9 Å². The lowest BCUT2D eigenvalue weighted by molar-refractivity contribution is 0.109. The largest absolute Gasteiger partial charge is 0.493 e. The van der Waals surface area contributed by atoms with E-state index < -0.39 is 0 Å². The van der Waals surface area contributed by atoms with Gasteiger partial charge in [-0.1, -0.05) is 6.08 Å². The van der Waals surface area contributed by atoms with Crippen LogP contribution in [-0.4, -0.2) is 50.9 Å². The molecule has 158 valence electrons. The van der Waals surface area contributed by atoms with E-state index in [4.69, 9.17) is 14.2 Å². The number of hydrogen-bond donors (Lipinski definition) is 1. The molecule has 1 aromatic heterocycles. The summed E-state index contributed by atoms with van der Waals surface area (Å²) in [5.74, 6) is 1.62. The fourth-order valence-electron chi connectivity index (χ4n) is 4.34. The normalized spacial score (nSPS) is 16.9. The number of H-pyrrole nitrogens is 1. The molecule has 0 bridgehead atoms. The van der Waals surface area contributed by atoms with Crippen LogP contribution in [0.3, 0.4) is 0 Å². The van der Waals surface area contributed by atoms with Gasteiger partial charge in [0.05, 0.1) is 20.8 Å². The van der Waals surface area contributed by atoms with Crippen LogP contribution in [0.2, 0.25) is 0 Å². The molecule has 0 saturated carbocycles. The number of nitrogens with zero attached hydrogens (tertiary/aromatic N) is 1. The molecule has 5 nitrogen and oxygen atoms in total. The predicted molar refractivity (Wildman–Crippen MR) is 118 cm³/mol. The number of benzene rings is 1. The van der Waals surface area contributed by atoms with Crippen molar-refractivity contribution in [2.24, 2.45) is 0 Å². The smallest absolute Gasteiger partial charge is 0.161 e. The number of methoxy groups -OCH3 is 3. The molecule has 0 amide bonds. The average molecular weight is 399 g/mol. The molecule has 2 aromatic rings. The van der Waals surface area contributed by atoms with Gasteiger partial charge >= 0.3 is 0 Å². The van der Waals surface area contributed by atoms with Crippen LogP contribution in [0, 0.1) is 6.92 Å². The fourth-order valence-corrected chi connectivity index (χ4v) is 4.34. The Morgan fingerprint density at radius 2 is 1.93 bits per heavy atom. The Balaban J connectivity index is 1.88. The number of hydrogen-bond acceptors (Lipinski definition) is 4. The van der Waals surface area contributed by atoms with Crippen LogP contribution >= 0.6 is 0 Å². The van der Waals surface area contributed by atoms with Crippen LogP contribution in [0.1, 0.15) is 47.3 Å². The monoisotopic (exact) mass is 398 g/mol. The standard InChI is InChI=1S/C24H34N2O3/c1-6-7-21-17(2)19(16-25-21)8-9-22-20-15-24(29-5)23(28-4)14-18(20)10-11-26(22)12-13-27-3/h6-7,14-16,22,25H,8-13H2,1-5H3/b7-6-/t22-/m0/s1. The number of rotatable bonds is 9. The van der Waals surface area contributed by atoms with Gasteiger partial charge in [-0.15, -0.1) is 0 Å². The van der Waals surface area contributed by atoms with E-state index in [1.807, 2.05) is 6.92 Å². The Morgan fingerprint density at radius 3 is 2.62 bits per heavy atom. The van der Waals surface area contributed by atoms with Crippen LogP contribution < -0.4 is 9.47 Å². The third-order valence-electron chi connectivity index (χ3n) is 6.00. The van der Waals surface area contributed by atoms with Crippen molar-refractivity contribution < 1.29 is 14.2 Å². The minimum Gasteiger partial charge on any atom is -0.493 e. The Bertz CT molecular complexity index is 841. The number of allylic oxidation sites excluding steroid dienone is 1. The van der Waals surface area contributed by atoms with Crippen LogP contribution in [-0.2, 0) is 17.6 Å². The van der Waals surface area contributed by atoms with Gasteiger partial charge in [0.1, 0.15) is 0 Å². The summed E-state index contributed by atoms with van der Waals surface area (Å²) in [7, 11) is 5.18. The molecule has 1 aliphatic rings. The molecule has 1 N–H and O–H groups in total. The lowest BCUT2D eigenvalue weighted by Gasteiger charge is -2.38. The second-order valence-corrected chi connectivity index (χ2v) is 7.59. The number of fused-ring (bicyclic) bond motifs is 1. The molecule has 29 heavy (non-hydrogen) atoms. The number of ether oxygens (including phenoxy) is 3. The van der Waals surface area contributed by atoms with Gasteiger partial charge in [-0.2, -0.15) is 0 Å². The highest BCUT2D eigenvalue weighted by Gasteiger charge is 2.29. The first-order valence-corrected chi connectivity index (χ1v) is 10.4. The quantitative estimate of drug-likeness (QED) is 0.673. The first-order valence-electron chi connectivity index (χ1n) is 10.4. The highest BCUT2D eigenvalue weighted by atomic mass is 16.5. The minimum atomic E-state index is 0.341. The van der Waals surface area contributed by atoms with Gasteiger partial charge in [-0.3, -0.25) is 4.90 Å². The van der Waals surface area contributed by atoms with Crippen molar-refractivity contribution in [3.63, 3.8) is 0 Å². The Kier molecular flexibility index (Phi) is 7.40. The summed E-state index contributed by atoms with van der Waals surface area (Å²) in [6.45, 7) is 6.96. The molecule has 5 heteroatoms. The summed E-state index contributed by atoms with van der Waals surface area (Å²) in [6.07, 6.45) is 9.47. The maximum absolute atomic E-state index is 5.60. The summed E-state index contributed by atoms with van der Waals surface area (Å²) >= 11 is 0. The molecule has 0 fully saturated rings. The molecule has 0 aliphatic carbocycles. The van der Waals surface area contributed by atoms with Gasteiger partial charge in [-0.05, 0) is 73.6 Å². The van der Waals surface area contributed by atoms with E-state index >= 15 is 0 Å². The van der Waals surface area contributed by atoms with E-state index in [9.17, 15) is 0 Å². The molecule has 0 radical (unpaired) electrons. The van der Waals surface area contributed by atoms with E-state index in [0.29, 0.717) is 6.04 Å². The summed E-state index contributed by atoms with van der Waals surface area (Å²) in [4.78, 5) is 5.95. The summed E-state index contributed by atoms with van der Waals surface area (Å²) in [5, 5.41) is 0. The van der Waals surface area contributed by atoms with E-state index in [2.05, 4.69) is 47.3 Å². The van der Waals surface area contributed by atoms with Crippen molar-refractivity contribution >= 4 is 6.08 Å². The highest BCUT2D eigenvalue weighted by molar-refractivity contribution is 5.52. The van der Waals surface area contributed by atoms with Gasteiger partial charge in [0.25, 0.3) is 0 Å². The molecule has 0 spiro atoms. The first kappa shape index (κ1) is 21.5. The molecule has 1 atom stereocenters. The van der Waals surface area contributed by atoms with E-state index in [1.54, 1.807) is 21.3 Å². The maximum atomic E-state index is 5.60. The van der Waals surface area contributed by atoms with Crippen LogP contribution in [0.5, 0.6) is 11.5 Å². The molecule has 1 aliphatic heterocycles. The number of aryl methyl sites for hydroxylation is 1. The Labute approximate surface area is 174 Å². The molecule has 3 rings (SSSR count). The van der Waals surface area contributed by atoms with Crippen molar-refractivity contribution in [1.82, 2.24) is 9.88 Å². The second-order valence-electron chi connectivity index (χ2n) is 7.59. The van der Waals surface area contributed by atoms with Crippen molar-refractivity contribution in [2.45, 2.75) is 39.2 Å². The maximum Gasteiger partial charge on any atom is 0.161 e. The second kappa shape index (κ2) is 9.99. The summed E-state index contributed by atoms with van der Waals surface area (Å²) in [5.41, 5.74) is 6.65. The van der Waals surface area contributed by atoms with Gasteiger partial charge in [0.15, 0.2) is 11.5 Å². The molecular formula is C24H34N2O3. The molecule has 0 unspecified atom stereocenters. The van der Waals surface area contributed by atoms with E-state index in [0.717, 1.165) is 50.5 Å². The predicted octanol–water partition coefficient (Wildman–Crippen LogP) is 4.55. The van der Waals surface area contributed by atoms with Crippen molar-refractivity contribution in [1.29, 1.82) is 0 Å². The van der Waals surface area contributed by atoms with Gasteiger partial charge < -0.3 is 19.2 Å². The SMILES string of the molecule is C/C=C\c1[nH]cc(CC[C@H]2c3cc(OC)c(OC)cc3CCN2CCOC)c1C. The number of aromatic amines is 1. The Morgan fingerprint density at radius 1 is 1.17 bits per heavy atom. The summed E-state index contributed by atoms with van der Waals surface area (Å²) in [6, 6.07) is 4.67. The van der Waals surface area contributed by atoms with Gasteiger partial charge in [0, 0.05) is 38.1 Å². The molecular weight excluding hydrogens is 364 g/mol. The topological polar surface area (TPSA) is 46.7 Å². The van der Waals surface area contributed by atoms with Crippen molar-refractivity contribution in [2.75, 3.05) is 41.0 Å². The van der Waals surface area contributed by atoms with Crippen LogP contribution in [0.25, 0.3) is 6.08 Å². The molecule has 2 heterocycles. The molecule has 0 saturated heterocycles. The van der Waals surface area contributed by atoms with Crippen LogP contribution in [0.4, 0.5) is 0 Å². The van der Waals surface area contributed by atoms with Crippen molar-refractivity contribution in [3.8, 4) is 11.5 Å². The third kappa shape index (κ3) is 4.68. The first-order chi connectivity index (χ1) is 14.1. The lowest BCUT2D eigenvalue weighted by Crippen LogP contribution is -2.38. The van der Waals surface area contributed by atoms with E-state index in [-0.39, 0.29) is 0 Å². The Hall–Kier alpha value is -2.24. The lowest BCUT2D eigenvalue weighted by atomic mass is 9.88. The third-order valence-corrected chi connectivity index (χ3v) is 6.00. The highest BCUT2D eigenvalue weighted by Crippen LogP contribution is 2.40. The molecule has 1 aromatic carbocycles. The van der Waals surface area contributed by atoms with Crippen LogP contribution in [0.15, 0.2) is 24.4 Å². The zero-order valence-corrected chi connectivity index (χ0v) is 18.4. The average Bonchev–Trinajstić information content (AvgIpc) is 3.09. The van der Waals surface area contributed by atoms with Crippen molar-refractivity contribution in [3.05, 3.63) is 52.4 Å². The summed E-state index contributed by atoms with van der Waals surface area (Å²) < 4.78 is 16.5. The zero-order chi connectivity index (χ0) is 20.8.